The van der Waals surface area contributed by atoms with Crippen LogP contribution in [0.5, 0.6) is 0 Å². The third-order valence-electron chi connectivity index (χ3n) is 3.05. The van der Waals surface area contributed by atoms with Crippen molar-refractivity contribution in [3.8, 4) is 0 Å². The van der Waals surface area contributed by atoms with Crippen molar-refractivity contribution in [3.63, 3.8) is 0 Å². The van der Waals surface area contributed by atoms with Crippen LogP contribution in [0.25, 0.3) is 0 Å². The number of hydrogen-bond acceptors (Lipinski definition) is 2. The van der Waals surface area contributed by atoms with Crippen molar-refractivity contribution in [2.24, 2.45) is 11.8 Å². The summed E-state index contributed by atoms with van der Waals surface area (Å²) in [4.78, 5) is 22.6. The Kier molecular flexibility index (Phi) is 4.53. The maximum atomic E-state index is 11.3. The first-order valence-corrected chi connectivity index (χ1v) is 5.50. The summed E-state index contributed by atoms with van der Waals surface area (Å²) < 4.78 is 0. The molecule has 1 aliphatic rings. The molecule has 0 spiro atoms. The summed E-state index contributed by atoms with van der Waals surface area (Å²) in [5, 5.41) is 2.62. The number of rotatable bonds is 4. The highest BCUT2D eigenvalue weighted by Gasteiger charge is 2.33. The molecule has 3 nitrogen and oxygen atoms in total. The lowest BCUT2D eigenvalue weighted by molar-refractivity contribution is -0.121. The number of carbonyl (C=O) groups is 2. The SMILES string of the molecule is C/C=C\CC1CC(=O)CC1CC(=O)NC. The molecule has 2 unspecified atom stereocenters. The predicted octanol–water partition coefficient (Wildman–Crippen LogP) is 1.68. The van der Waals surface area contributed by atoms with E-state index in [0.717, 1.165) is 6.42 Å². The Morgan fingerprint density at radius 2 is 2.13 bits per heavy atom. The maximum Gasteiger partial charge on any atom is 0.220 e. The molecule has 0 heterocycles. The van der Waals surface area contributed by atoms with E-state index in [1.165, 1.54) is 0 Å². The molecule has 0 aromatic heterocycles. The molecule has 0 radical (unpaired) electrons. The van der Waals surface area contributed by atoms with Crippen molar-refractivity contribution in [3.05, 3.63) is 12.2 Å². The number of hydrogen-bond donors (Lipinski definition) is 1. The average Bonchev–Trinajstić information content (AvgIpc) is 2.55. The van der Waals surface area contributed by atoms with Gasteiger partial charge in [-0.25, -0.2) is 0 Å². The lowest BCUT2D eigenvalue weighted by Gasteiger charge is -2.15. The van der Waals surface area contributed by atoms with Crippen LogP contribution in [-0.4, -0.2) is 18.7 Å². The molecule has 0 bridgehead atoms. The highest BCUT2D eigenvalue weighted by Crippen LogP contribution is 2.34. The largest absolute Gasteiger partial charge is 0.359 e. The monoisotopic (exact) mass is 209 g/mol. The van der Waals surface area contributed by atoms with Gasteiger partial charge in [-0.05, 0) is 25.2 Å². The van der Waals surface area contributed by atoms with Crippen LogP contribution < -0.4 is 5.32 Å². The molecule has 15 heavy (non-hydrogen) atoms. The summed E-state index contributed by atoms with van der Waals surface area (Å²) >= 11 is 0. The van der Waals surface area contributed by atoms with E-state index in [0.29, 0.717) is 31.0 Å². The fourth-order valence-corrected chi connectivity index (χ4v) is 2.17. The van der Waals surface area contributed by atoms with E-state index in [-0.39, 0.29) is 11.8 Å². The second-order valence-corrected chi connectivity index (χ2v) is 4.15. The minimum absolute atomic E-state index is 0.0418. The van der Waals surface area contributed by atoms with Gasteiger partial charge in [0.15, 0.2) is 0 Å². The Hall–Kier alpha value is -1.12. The Balaban J connectivity index is 2.52. The molecule has 1 fully saturated rings. The van der Waals surface area contributed by atoms with Gasteiger partial charge < -0.3 is 5.32 Å². The highest BCUT2D eigenvalue weighted by atomic mass is 16.1. The molecule has 0 saturated heterocycles. The van der Waals surface area contributed by atoms with Crippen LogP contribution in [0.15, 0.2) is 12.2 Å². The van der Waals surface area contributed by atoms with Gasteiger partial charge in [0.05, 0.1) is 0 Å². The topological polar surface area (TPSA) is 46.2 Å². The van der Waals surface area contributed by atoms with Gasteiger partial charge in [-0.15, -0.1) is 0 Å². The molecule has 2 atom stereocenters. The molecule has 0 aliphatic heterocycles. The maximum absolute atomic E-state index is 11.3. The minimum Gasteiger partial charge on any atom is -0.359 e. The van der Waals surface area contributed by atoms with Crippen molar-refractivity contribution in [1.82, 2.24) is 5.32 Å². The molecule has 0 aromatic carbocycles. The molecular formula is C12H19NO2. The average molecular weight is 209 g/mol. The summed E-state index contributed by atoms with van der Waals surface area (Å²) in [6, 6.07) is 0. The van der Waals surface area contributed by atoms with Gasteiger partial charge in [0.1, 0.15) is 5.78 Å². The summed E-state index contributed by atoms with van der Waals surface area (Å²) in [6.45, 7) is 1.98. The van der Waals surface area contributed by atoms with Gasteiger partial charge in [-0.2, -0.15) is 0 Å². The Morgan fingerprint density at radius 1 is 1.47 bits per heavy atom. The fraction of sp³-hybridized carbons (Fsp3) is 0.667. The first-order valence-electron chi connectivity index (χ1n) is 5.50. The quantitative estimate of drug-likeness (QED) is 0.716. The number of Topliss-reactive ketones (excluding diaryl/α,β-unsaturated/α-hetero) is 1. The zero-order valence-electron chi connectivity index (χ0n) is 9.45. The molecule has 3 heteroatoms. The fourth-order valence-electron chi connectivity index (χ4n) is 2.17. The lowest BCUT2D eigenvalue weighted by Crippen LogP contribution is -2.22. The smallest absolute Gasteiger partial charge is 0.220 e. The predicted molar refractivity (Wildman–Crippen MR) is 59.3 cm³/mol. The number of amides is 1. The van der Waals surface area contributed by atoms with Gasteiger partial charge in [0, 0.05) is 26.3 Å². The van der Waals surface area contributed by atoms with E-state index in [1.807, 2.05) is 13.0 Å². The van der Waals surface area contributed by atoms with Gasteiger partial charge in [-0.3, -0.25) is 9.59 Å². The third-order valence-corrected chi connectivity index (χ3v) is 3.05. The molecule has 84 valence electrons. The zero-order chi connectivity index (χ0) is 11.3. The number of nitrogens with one attached hydrogen (secondary N) is 1. The second-order valence-electron chi connectivity index (χ2n) is 4.15. The second kappa shape index (κ2) is 5.69. The molecule has 0 aromatic rings. The van der Waals surface area contributed by atoms with Gasteiger partial charge in [0.25, 0.3) is 0 Å². The summed E-state index contributed by atoms with van der Waals surface area (Å²) in [7, 11) is 1.64. The van der Waals surface area contributed by atoms with Crippen LogP contribution in [0, 0.1) is 11.8 Å². The van der Waals surface area contributed by atoms with Crippen LogP contribution in [0.4, 0.5) is 0 Å². The van der Waals surface area contributed by atoms with E-state index in [1.54, 1.807) is 7.05 Å². The number of ketones is 1. The molecule has 1 amide bonds. The van der Waals surface area contributed by atoms with Crippen molar-refractivity contribution in [2.75, 3.05) is 7.05 Å². The molecule has 1 rings (SSSR count). The van der Waals surface area contributed by atoms with Crippen LogP contribution in [0.3, 0.4) is 0 Å². The number of carbonyl (C=O) groups excluding carboxylic acids is 2. The first-order chi connectivity index (χ1) is 7.17. The van der Waals surface area contributed by atoms with Gasteiger partial charge in [-0.1, -0.05) is 12.2 Å². The Morgan fingerprint density at radius 3 is 2.73 bits per heavy atom. The van der Waals surface area contributed by atoms with E-state index in [2.05, 4.69) is 11.4 Å². The highest BCUT2D eigenvalue weighted by molar-refractivity contribution is 5.83. The summed E-state index contributed by atoms with van der Waals surface area (Å²) in [5.74, 6) is 0.957. The van der Waals surface area contributed by atoms with E-state index in [9.17, 15) is 9.59 Å². The van der Waals surface area contributed by atoms with Gasteiger partial charge >= 0.3 is 0 Å². The molecular weight excluding hydrogens is 190 g/mol. The van der Waals surface area contributed by atoms with Crippen LogP contribution in [0.2, 0.25) is 0 Å². The summed E-state index contributed by atoms with van der Waals surface area (Å²) in [6.07, 6.45) is 6.72. The summed E-state index contributed by atoms with van der Waals surface area (Å²) in [5.41, 5.74) is 0. The number of allylic oxidation sites excluding steroid dienone is 2. The third kappa shape index (κ3) is 3.50. The van der Waals surface area contributed by atoms with E-state index >= 15 is 0 Å². The first kappa shape index (κ1) is 12.0. The van der Waals surface area contributed by atoms with Crippen LogP contribution in [0.1, 0.15) is 32.6 Å². The van der Waals surface area contributed by atoms with Crippen molar-refractivity contribution in [1.29, 1.82) is 0 Å². The minimum atomic E-state index is 0.0418. The lowest BCUT2D eigenvalue weighted by atomic mass is 9.90. The Labute approximate surface area is 90.9 Å². The van der Waals surface area contributed by atoms with Crippen molar-refractivity contribution in [2.45, 2.75) is 32.6 Å². The van der Waals surface area contributed by atoms with Crippen molar-refractivity contribution >= 4 is 11.7 Å². The molecule has 1 N–H and O–H groups in total. The zero-order valence-corrected chi connectivity index (χ0v) is 9.45. The van der Waals surface area contributed by atoms with Crippen molar-refractivity contribution < 1.29 is 9.59 Å². The normalized spacial score (nSPS) is 26.1. The van der Waals surface area contributed by atoms with Crippen LogP contribution >= 0.6 is 0 Å². The Bertz CT molecular complexity index is 271. The van der Waals surface area contributed by atoms with Crippen LogP contribution in [-0.2, 0) is 9.59 Å². The van der Waals surface area contributed by atoms with Gasteiger partial charge in [0.2, 0.25) is 5.91 Å². The molecule has 1 aliphatic carbocycles. The van der Waals surface area contributed by atoms with E-state index in [4.69, 9.17) is 0 Å². The van der Waals surface area contributed by atoms with E-state index < -0.39 is 0 Å². The standard InChI is InChI=1S/C12H19NO2/c1-3-4-5-9-6-11(14)7-10(9)8-12(15)13-2/h3-4,9-10H,5-8H2,1-2H3,(H,13,15)/b4-3-. The molecule has 1 saturated carbocycles.